The Labute approximate surface area is 206 Å². The first-order chi connectivity index (χ1) is 16.9. The average molecular weight is 487 g/mol. The van der Waals surface area contributed by atoms with Crippen LogP contribution < -0.4 is 29.0 Å². The summed E-state index contributed by atoms with van der Waals surface area (Å²) in [6.07, 6.45) is 1.84. The summed E-state index contributed by atoms with van der Waals surface area (Å²) in [5.41, 5.74) is 1.21. The van der Waals surface area contributed by atoms with E-state index in [0.717, 1.165) is 18.4 Å². The van der Waals surface area contributed by atoms with Gasteiger partial charge in [-0.15, -0.1) is 0 Å². The minimum atomic E-state index is -0.639. The highest BCUT2D eigenvalue weighted by Crippen LogP contribution is 2.46. The highest BCUT2D eigenvalue weighted by molar-refractivity contribution is 5.98. The molecule has 1 heterocycles. The Morgan fingerprint density at radius 1 is 0.943 bits per heavy atom. The van der Waals surface area contributed by atoms with Crippen molar-refractivity contribution in [2.24, 2.45) is 5.92 Å². The molecule has 1 saturated heterocycles. The molecular formula is C26H34N2O7. The number of unbranched alkanes of at least 4 members (excludes halogenated alkanes) is 1. The smallest absolute Gasteiger partial charge is 0.230 e. The molecule has 0 aliphatic carbocycles. The standard InChI is InChI=1S/C26H34N2O7/c1-7-8-12-28-22(29)15-18(23(28)17-10-9-11-19(31-2)24(17)34-5)26(30)27-16-13-20(32-3)25(35-6)21(14-16)33-4/h9-11,13-14,18,23H,7-8,12,15H2,1-6H3,(H,27,30)/t18-,23+/m1/s1. The summed E-state index contributed by atoms with van der Waals surface area (Å²) in [6.45, 7) is 2.62. The van der Waals surface area contributed by atoms with Gasteiger partial charge in [0.15, 0.2) is 23.0 Å². The van der Waals surface area contributed by atoms with Crippen LogP contribution in [-0.4, -0.2) is 58.8 Å². The van der Waals surface area contributed by atoms with E-state index in [9.17, 15) is 9.59 Å². The van der Waals surface area contributed by atoms with Gasteiger partial charge in [-0.05, 0) is 12.5 Å². The summed E-state index contributed by atoms with van der Waals surface area (Å²) in [4.78, 5) is 28.5. The Hall–Kier alpha value is -3.62. The van der Waals surface area contributed by atoms with Crippen LogP contribution in [0.4, 0.5) is 5.69 Å². The van der Waals surface area contributed by atoms with Crippen LogP contribution >= 0.6 is 0 Å². The molecule has 190 valence electrons. The topological polar surface area (TPSA) is 95.6 Å². The largest absolute Gasteiger partial charge is 0.493 e. The molecule has 2 atom stereocenters. The van der Waals surface area contributed by atoms with Crippen molar-refractivity contribution < 1.29 is 33.3 Å². The number of amides is 2. The molecule has 2 aromatic rings. The second-order valence-corrected chi connectivity index (χ2v) is 8.18. The molecule has 9 heteroatoms. The molecule has 2 amide bonds. The van der Waals surface area contributed by atoms with Crippen molar-refractivity contribution in [3.05, 3.63) is 35.9 Å². The molecule has 1 aliphatic rings. The van der Waals surface area contributed by atoms with Crippen molar-refractivity contribution in [3.63, 3.8) is 0 Å². The maximum absolute atomic E-state index is 13.6. The van der Waals surface area contributed by atoms with E-state index >= 15 is 0 Å². The van der Waals surface area contributed by atoms with Crippen LogP contribution in [-0.2, 0) is 9.59 Å². The van der Waals surface area contributed by atoms with Gasteiger partial charge in [0.25, 0.3) is 0 Å². The van der Waals surface area contributed by atoms with E-state index in [-0.39, 0.29) is 18.2 Å². The first-order valence-corrected chi connectivity index (χ1v) is 11.5. The molecule has 1 N–H and O–H groups in total. The lowest BCUT2D eigenvalue weighted by atomic mass is 9.91. The molecule has 1 fully saturated rings. The van der Waals surface area contributed by atoms with Crippen molar-refractivity contribution in [1.29, 1.82) is 0 Å². The zero-order valence-corrected chi connectivity index (χ0v) is 21.2. The lowest BCUT2D eigenvalue weighted by molar-refractivity contribution is -0.129. The van der Waals surface area contributed by atoms with Crippen LogP contribution in [0.2, 0.25) is 0 Å². The Balaban J connectivity index is 2.01. The Bertz CT molecular complexity index is 1030. The Morgan fingerprint density at radius 3 is 2.11 bits per heavy atom. The summed E-state index contributed by atoms with van der Waals surface area (Å²) in [5.74, 6) is 1.32. The van der Waals surface area contributed by atoms with Gasteiger partial charge in [-0.2, -0.15) is 0 Å². The number of rotatable bonds is 11. The average Bonchev–Trinajstić information content (AvgIpc) is 3.21. The second kappa shape index (κ2) is 11.7. The number of carbonyl (C=O) groups is 2. The van der Waals surface area contributed by atoms with E-state index in [2.05, 4.69) is 12.2 Å². The molecule has 0 bridgehead atoms. The molecule has 0 unspecified atom stereocenters. The van der Waals surface area contributed by atoms with E-state index < -0.39 is 12.0 Å². The van der Waals surface area contributed by atoms with Crippen molar-refractivity contribution in [3.8, 4) is 28.7 Å². The minimum Gasteiger partial charge on any atom is -0.493 e. The number of nitrogens with zero attached hydrogens (tertiary/aromatic N) is 1. The molecule has 35 heavy (non-hydrogen) atoms. The quantitative estimate of drug-likeness (QED) is 0.512. The van der Waals surface area contributed by atoms with Gasteiger partial charge in [-0.25, -0.2) is 0 Å². The highest BCUT2D eigenvalue weighted by Gasteiger charge is 2.45. The number of hydrogen-bond acceptors (Lipinski definition) is 7. The van der Waals surface area contributed by atoms with E-state index in [4.69, 9.17) is 23.7 Å². The lowest BCUT2D eigenvalue weighted by Crippen LogP contribution is -2.33. The summed E-state index contributed by atoms with van der Waals surface area (Å²) in [5, 5.41) is 2.94. The number of hydrogen-bond donors (Lipinski definition) is 1. The number of benzene rings is 2. The Kier molecular flexibility index (Phi) is 8.68. The van der Waals surface area contributed by atoms with Gasteiger partial charge >= 0.3 is 0 Å². The van der Waals surface area contributed by atoms with Crippen LogP contribution in [0.15, 0.2) is 30.3 Å². The molecule has 0 saturated carbocycles. The number of nitrogens with one attached hydrogen (secondary N) is 1. The van der Waals surface area contributed by atoms with Crippen molar-refractivity contribution >= 4 is 17.5 Å². The third kappa shape index (κ3) is 5.23. The van der Waals surface area contributed by atoms with E-state index in [1.807, 2.05) is 12.1 Å². The van der Waals surface area contributed by atoms with Crippen molar-refractivity contribution in [2.75, 3.05) is 47.4 Å². The first kappa shape index (κ1) is 26.0. The van der Waals surface area contributed by atoms with Crippen molar-refractivity contribution in [2.45, 2.75) is 32.2 Å². The van der Waals surface area contributed by atoms with Crippen LogP contribution in [0.5, 0.6) is 28.7 Å². The number of anilines is 1. The number of carbonyl (C=O) groups excluding carboxylic acids is 2. The summed E-state index contributed by atoms with van der Waals surface area (Å²) in [7, 11) is 7.65. The molecular weight excluding hydrogens is 452 g/mol. The molecule has 9 nitrogen and oxygen atoms in total. The van der Waals surface area contributed by atoms with Crippen molar-refractivity contribution in [1.82, 2.24) is 4.90 Å². The van der Waals surface area contributed by atoms with E-state index in [1.165, 1.54) is 21.3 Å². The highest BCUT2D eigenvalue weighted by atomic mass is 16.5. The third-order valence-corrected chi connectivity index (χ3v) is 6.21. The maximum Gasteiger partial charge on any atom is 0.230 e. The van der Waals surface area contributed by atoms with Gasteiger partial charge in [-0.1, -0.05) is 25.5 Å². The summed E-state index contributed by atoms with van der Waals surface area (Å²) >= 11 is 0. The summed E-state index contributed by atoms with van der Waals surface area (Å²) in [6, 6.07) is 8.33. The van der Waals surface area contributed by atoms with Crippen LogP contribution in [0.1, 0.15) is 37.8 Å². The lowest BCUT2D eigenvalue weighted by Gasteiger charge is -2.30. The minimum absolute atomic E-state index is 0.0710. The number of methoxy groups -OCH3 is 5. The second-order valence-electron chi connectivity index (χ2n) is 8.18. The van der Waals surface area contributed by atoms with Crippen LogP contribution in [0.25, 0.3) is 0 Å². The predicted octanol–water partition coefficient (Wildman–Crippen LogP) is 4.06. The van der Waals surface area contributed by atoms with Gasteiger partial charge in [0, 0.05) is 36.3 Å². The number of likely N-dealkylation sites (tertiary alicyclic amines) is 1. The third-order valence-electron chi connectivity index (χ3n) is 6.21. The Morgan fingerprint density at radius 2 is 1.57 bits per heavy atom. The molecule has 0 aromatic heterocycles. The monoisotopic (exact) mass is 486 g/mol. The molecule has 3 rings (SSSR count). The predicted molar refractivity (Wildman–Crippen MR) is 132 cm³/mol. The molecule has 1 aliphatic heterocycles. The first-order valence-electron chi connectivity index (χ1n) is 11.5. The fraction of sp³-hybridized carbons (Fsp3) is 0.462. The van der Waals surface area contributed by atoms with E-state index in [0.29, 0.717) is 41.0 Å². The zero-order valence-electron chi connectivity index (χ0n) is 21.2. The number of ether oxygens (including phenoxy) is 5. The van der Waals surface area contributed by atoms with Gasteiger partial charge in [0.2, 0.25) is 17.6 Å². The fourth-order valence-corrected chi connectivity index (χ4v) is 4.54. The molecule has 2 aromatic carbocycles. The molecule has 0 radical (unpaired) electrons. The van der Waals surface area contributed by atoms with Gasteiger partial charge in [0.05, 0.1) is 47.5 Å². The van der Waals surface area contributed by atoms with Gasteiger partial charge in [-0.3, -0.25) is 9.59 Å². The normalized spacial score (nSPS) is 17.2. The zero-order chi connectivity index (χ0) is 25.5. The van der Waals surface area contributed by atoms with Gasteiger partial charge < -0.3 is 33.9 Å². The molecule has 0 spiro atoms. The van der Waals surface area contributed by atoms with Crippen LogP contribution in [0, 0.1) is 5.92 Å². The summed E-state index contributed by atoms with van der Waals surface area (Å²) < 4.78 is 27.3. The number of para-hydroxylation sites is 1. The van der Waals surface area contributed by atoms with E-state index in [1.54, 1.807) is 37.3 Å². The maximum atomic E-state index is 13.6. The SMILES string of the molecule is CCCCN1C(=O)C[C@@H](C(=O)Nc2cc(OC)c(OC)c(OC)c2)[C@@H]1c1cccc(OC)c1OC. The fourth-order valence-electron chi connectivity index (χ4n) is 4.54. The van der Waals surface area contributed by atoms with Gasteiger partial charge in [0.1, 0.15) is 0 Å². The van der Waals surface area contributed by atoms with Crippen LogP contribution in [0.3, 0.4) is 0 Å².